The molecular weight excluding hydrogens is 300 g/mol. The molecule has 0 bridgehead atoms. The van der Waals surface area contributed by atoms with E-state index in [-0.39, 0.29) is 23.5 Å². The Morgan fingerprint density at radius 1 is 1.55 bits per heavy atom. The zero-order valence-electron chi connectivity index (χ0n) is 11.5. The van der Waals surface area contributed by atoms with Crippen LogP contribution >= 0.6 is 11.6 Å². The van der Waals surface area contributed by atoms with Crippen LogP contribution < -0.4 is 0 Å². The van der Waals surface area contributed by atoms with Gasteiger partial charge in [-0.15, -0.1) is 0 Å². The third-order valence-corrected chi connectivity index (χ3v) is 5.53. The maximum atomic E-state index is 12.5. The van der Waals surface area contributed by atoms with Gasteiger partial charge in [0.2, 0.25) is 0 Å². The van der Waals surface area contributed by atoms with Gasteiger partial charge < -0.3 is 4.90 Å². The molecule has 0 radical (unpaired) electrons. The summed E-state index contributed by atoms with van der Waals surface area (Å²) in [7, 11) is -3.03. The van der Waals surface area contributed by atoms with Gasteiger partial charge in [-0.1, -0.05) is 11.6 Å². The Balaban J connectivity index is 2.26. The molecule has 0 saturated carbocycles. The van der Waals surface area contributed by atoms with Crippen molar-refractivity contribution in [3.63, 3.8) is 0 Å². The van der Waals surface area contributed by atoms with Crippen molar-refractivity contribution in [2.45, 2.75) is 26.3 Å². The van der Waals surface area contributed by atoms with Crippen LogP contribution in [0.15, 0.2) is 12.3 Å². The van der Waals surface area contributed by atoms with Gasteiger partial charge in [0.25, 0.3) is 5.91 Å². The molecule has 7 heteroatoms. The van der Waals surface area contributed by atoms with Crippen LogP contribution in [0.1, 0.15) is 29.4 Å². The van der Waals surface area contributed by atoms with Gasteiger partial charge in [0.1, 0.15) is 0 Å². The lowest BCUT2D eigenvalue weighted by atomic mass is 10.1. The van der Waals surface area contributed by atoms with Gasteiger partial charge in [0.15, 0.2) is 9.84 Å². The third-order valence-electron chi connectivity index (χ3n) is 3.47. The van der Waals surface area contributed by atoms with Crippen molar-refractivity contribution in [3.8, 4) is 0 Å². The average Bonchev–Trinajstić information content (AvgIpc) is 2.70. The summed E-state index contributed by atoms with van der Waals surface area (Å²) < 4.78 is 23.1. The number of carbonyl (C=O) groups excluding carboxylic acids is 1. The number of rotatable bonds is 3. The first-order valence-corrected chi connectivity index (χ1v) is 8.67. The van der Waals surface area contributed by atoms with E-state index in [0.29, 0.717) is 23.6 Å². The average molecular weight is 317 g/mol. The quantitative estimate of drug-likeness (QED) is 0.851. The Morgan fingerprint density at radius 2 is 2.25 bits per heavy atom. The molecule has 0 aromatic carbocycles. The summed E-state index contributed by atoms with van der Waals surface area (Å²) in [5.74, 6) is -0.0859. The number of pyridine rings is 1. The Hall–Kier alpha value is -1.14. The van der Waals surface area contributed by atoms with Crippen molar-refractivity contribution in [1.29, 1.82) is 0 Å². The zero-order chi connectivity index (χ0) is 14.9. The molecule has 20 heavy (non-hydrogen) atoms. The minimum absolute atomic E-state index is 0.0312. The minimum atomic E-state index is -3.03. The number of sulfone groups is 1. The van der Waals surface area contributed by atoms with E-state index in [2.05, 4.69) is 4.98 Å². The van der Waals surface area contributed by atoms with Crippen LogP contribution in [0.25, 0.3) is 0 Å². The molecule has 0 aliphatic carbocycles. The maximum absolute atomic E-state index is 12.5. The topological polar surface area (TPSA) is 67.3 Å². The summed E-state index contributed by atoms with van der Waals surface area (Å²) in [5.41, 5.74) is 1.06. The van der Waals surface area contributed by atoms with E-state index < -0.39 is 9.84 Å². The summed E-state index contributed by atoms with van der Waals surface area (Å²) in [4.78, 5) is 18.2. The largest absolute Gasteiger partial charge is 0.335 e. The van der Waals surface area contributed by atoms with E-state index in [9.17, 15) is 13.2 Å². The molecule has 1 fully saturated rings. The van der Waals surface area contributed by atoms with Gasteiger partial charge in [0.05, 0.1) is 22.1 Å². The molecule has 1 saturated heterocycles. The Bertz CT molecular complexity index is 631. The summed E-state index contributed by atoms with van der Waals surface area (Å²) >= 11 is 6.08. The van der Waals surface area contributed by atoms with E-state index in [1.165, 1.54) is 6.20 Å². The molecular formula is C13H17ClN2O3S. The zero-order valence-corrected chi connectivity index (χ0v) is 13.0. The first kappa shape index (κ1) is 15.3. The second-order valence-electron chi connectivity index (χ2n) is 4.95. The van der Waals surface area contributed by atoms with E-state index in [4.69, 9.17) is 11.6 Å². The monoisotopic (exact) mass is 316 g/mol. The molecule has 2 heterocycles. The Kier molecular flexibility index (Phi) is 4.34. The lowest BCUT2D eigenvalue weighted by Gasteiger charge is -2.27. The first-order valence-electron chi connectivity index (χ1n) is 6.47. The predicted molar refractivity (Wildman–Crippen MR) is 77.8 cm³/mol. The van der Waals surface area contributed by atoms with E-state index in [1.807, 2.05) is 6.92 Å². The van der Waals surface area contributed by atoms with Crippen molar-refractivity contribution in [2.75, 3.05) is 18.1 Å². The standard InChI is InChI=1S/C13H17ClN2O3S/c1-3-16(10-4-5-20(18,19)8-10)13(17)11-7-15-9(2)6-12(11)14/h6-7,10H,3-5,8H2,1-2H3. The normalized spacial score (nSPS) is 20.9. The molecule has 0 spiro atoms. The van der Waals surface area contributed by atoms with Crippen molar-refractivity contribution in [3.05, 3.63) is 28.5 Å². The van der Waals surface area contributed by atoms with E-state index in [1.54, 1.807) is 17.9 Å². The summed E-state index contributed by atoms with van der Waals surface area (Å²) in [5, 5.41) is 0.349. The highest BCUT2D eigenvalue weighted by molar-refractivity contribution is 7.91. The van der Waals surface area contributed by atoms with Crippen LogP contribution in [0.4, 0.5) is 0 Å². The minimum Gasteiger partial charge on any atom is -0.335 e. The van der Waals surface area contributed by atoms with Crippen molar-refractivity contribution < 1.29 is 13.2 Å². The summed E-state index contributed by atoms with van der Waals surface area (Å²) in [6.07, 6.45) is 1.94. The van der Waals surface area contributed by atoms with Gasteiger partial charge in [-0.05, 0) is 26.3 Å². The second-order valence-corrected chi connectivity index (χ2v) is 7.59. The third kappa shape index (κ3) is 3.12. The molecule has 2 rings (SSSR count). The van der Waals surface area contributed by atoms with Crippen LogP contribution in [-0.4, -0.2) is 48.3 Å². The number of hydrogen-bond acceptors (Lipinski definition) is 4. The number of halogens is 1. The van der Waals surface area contributed by atoms with Gasteiger partial charge in [0, 0.05) is 24.5 Å². The molecule has 1 amide bonds. The van der Waals surface area contributed by atoms with Crippen LogP contribution in [0, 0.1) is 6.92 Å². The first-order chi connectivity index (χ1) is 9.34. The predicted octanol–water partition coefficient (Wildman–Crippen LogP) is 1.69. The van der Waals surface area contributed by atoms with Crippen LogP contribution in [0.2, 0.25) is 5.02 Å². The molecule has 1 aliphatic rings. The van der Waals surface area contributed by atoms with Crippen LogP contribution in [-0.2, 0) is 9.84 Å². The molecule has 1 atom stereocenters. The molecule has 110 valence electrons. The maximum Gasteiger partial charge on any atom is 0.257 e. The molecule has 1 aromatic rings. The van der Waals surface area contributed by atoms with Gasteiger partial charge in [-0.3, -0.25) is 9.78 Å². The highest BCUT2D eigenvalue weighted by Gasteiger charge is 2.34. The van der Waals surface area contributed by atoms with E-state index >= 15 is 0 Å². The number of aromatic nitrogens is 1. The number of aryl methyl sites for hydroxylation is 1. The fraction of sp³-hybridized carbons (Fsp3) is 0.538. The highest BCUT2D eigenvalue weighted by atomic mass is 35.5. The lowest BCUT2D eigenvalue weighted by molar-refractivity contribution is 0.0708. The Labute approximate surface area is 123 Å². The van der Waals surface area contributed by atoms with Gasteiger partial charge in [-0.25, -0.2) is 8.42 Å². The molecule has 1 aromatic heterocycles. The smallest absolute Gasteiger partial charge is 0.257 e. The second kappa shape index (κ2) is 5.69. The Morgan fingerprint density at radius 3 is 2.75 bits per heavy atom. The number of nitrogens with zero attached hydrogens (tertiary/aromatic N) is 2. The lowest BCUT2D eigenvalue weighted by Crippen LogP contribution is -2.41. The van der Waals surface area contributed by atoms with Crippen LogP contribution in [0.5, 0.6) is 0 Å². The fourth-order valence-electron chi connectivity index (χ4n) is 2.43. The van der Waals surface area contributed by atoms with Gasteiger partial charge >= 0.3 is 0 Å². The van der Waals surface area contributed by atoms with Gasteiger partial charge in [-0.2, -0.15) is 0 Å². The van der Waals surface area contributed by atoms with Crippen molar-refractivity contribution in [2.24, 2.45) is 0 Å². The molecule has 1 unspecified atom stereocenters. The summed E-state index contributed by atoms with van der Waals surface area (Å²) in [6.45, 7) is 4.07. The summed E-state index contributed by atoms with van der Waals surface area (Å²) in [6, 6.07) is 1.36. The molecule has 1 aliphatic heterocycles. The van der Waals surface area contributed by atoms with Crippen LogP contribution in [0.3, 0.4) is 0 Å². The van der Waals surface area contributed by atoms with Crippen molar-refractivity contribution in [1.82, 2.24) is 9.88 Å². The van der Waals surface area contributed by atoms with Crippen molar-refractivity contribution >= 4 is 27.3 Å². The number of hydrogen-bond donors (Lipinski definition) is 0. The molecule has 5 nitrogen and oxygen atoms in total. The SMILES string of the molecule is CCN(C(=O)c1cnc(C)cc1Cl)C1CCS(=O)(=O)C1. The highest BCUT2D eigenvalue weighted by Crippen LogP contribution is 2.23. The number of amides is 1. The van der Waals surface area contributed by atoms with E-state index in [0.717, 1.165) is 5.69 Å². The number of carbonyl (C=O) groups is 1. The molecule has 0 N–H and O–H groups in total. The fourth-order valence-corrected chi connectivity index (χ4v) is 4.45.